The van der Waals surface area contributed by atoms with Crippen LogP contribution in [-0.4, -0.2) is 28.8 Å². The highest BCUT2D eigenvalue weighted by atomic mass is 19.1. The van der Waals surface area contributed by atoms with Gasteiger partial charge in [-0.15, -0.1) is 0 Å². The zero-order chi connectivity index (χ0) is 21.8. The number of hydrogen-bond donors (Lipinski definition) is 1. The van der Waals surface area contributed by atoms with Gasteiger partial charge in [0.05, 0.1) is 17.4 Å². The van der Waals surface area contributed by atoms with Crippen molar-refractivity contribution in [2.45, 2.75) is 20.0 Å². The summed E-state index contributed by atoms with van der Waals surface area (Å²) in [6.07, 6.45) is 3.96. The molecule has 31 heavy (non-hydrogen) atoms. The molecule has 1 aromatic heterocycles. The highest BCUT2D eigenvalue weighted by molar-refractivity contribution is 5.92. The van der Waals surface area contributed by atoms with Crippen LogP contribution in [0.1, 0.15) is 23.6 Å². The number of fused-ring (bicyclic) bond motifs is 1. The molecule has 0 saturated carbocycles. The van der Waals surface area contributed by atoms with Gasteiger partial charge in [-0.25, -0.2) is 9.07 Å². The minimum atomic E-state index is -0.254. The number of halogens is 1. The first kappa shape index (κ1) is 20.8. The molecular weight excluding hydrogens is 387 g/mol. The minimum Gasteiger partial charge on any atom is -0.381 e. The lowest BCUT2D eigenvalue weighted by molar-refractivity contribution is 0.402. The van der Waals surface area contributed by atoms with Gasteiger partial charge in [0.2, 0.25) is 0 Å². The molecule has 0 spiro atoms. The number of hydrogen-bond acceptors (Lipinski definition) is 3. The van der Waals surface area contributed by atoms with Gasteiger partial charge in [0.25, 0.3) is 0 Å². The van der Waals surface area contributed by atoms with E-state index in [0.717, 1.165) is 40.9 Å². The summed E-state index contributed by atoms with van der Waals surface area (Å²) >= 11 is 0. The van der Waals surface area contributed by atoms with Gasteiger partial charge in [-0.1, -0.05) is 42.5 Å². The molecule has 0 aliphatic heterocycles. The van der Waals surface area contributed by atoms with Crippen molar-refractivity contribution in [1.82, 2.24) is 20.0 Å². The topological polar surface area (TPSA) is 33.1 Å². The first-order valence-corrected chi connectivity index (χ1v) is 10.4. The van der Waals surface area contributed by atoms with Crippen LogP contribution in [0.4, 0.5) is 4.39 Å². The third-order valence-electron chi connectivity index (χ3n) is 5.24. The van der Waals surface area contributed by atoms with Crippen LogP contribution in [0, 0.1) is 5.82 Å². The zero-order valence-corrected chi connectivity index (χ0v) is 18.1. The predicted octanol–water partition coefficient (Wildman–Crippen LogP) is 5.38. The monoisotopic (exact) mass is 414 g/mol. The quantitative estimate of drug-likeness (QED) is 0.441. The summed E-state index contributed by atoms with van der Waals surface area (Å²) in [5.74, 6) is -0.254. The predicted molar refractivity (Wildman–Crippen MR) is 125 cm³/mol. The number of allylic oxidation sites excluding steroid dienone is 1. The lowest BCUT2D eigenvalue weighted by Gasteiger charge is -2.14. The van der Waals surface area contributed by atoms with Crippen LogP contribution in [0.2, 0.25) is 0 Å². The average molecular weight is 415 g/mol. The maximum absolute atomic E-state index is 13.3. The van der Waals surface area contributed by atoms with Gasteiger partial charge in [0, 0.05) is 29.7 Å². The lowest BCUT2D eigenvalue weighted by atomic mass is 10.1. The maximum Gasteiger partial charge on any atom is 0.123 e. The molecule has 0 fully saturated rings. The maximum atomic E-state index is 13.3. The van der Waals surface area contributed by atoms with E-state index in [1.165, 1.54) is 23.3 Å². The Morgan fingerprint density at radius 2 is 1.77 bits per heavy atom. The van der Waals surface area contributed by atoms with Crippen LogP contribution < -0.4 is 5.32 Å². The molecule has 0 saturated heterocycles. The van der Waals surface area contributed by atoms with Crippen molar-refractivity contribution in [3.05, 3.63) is 102 Å². The van der Waals surface area contributed by atoms with E-state index in [9.17, 15) is 4.39 Å². The van der Waals surface area contributed by atoms with E-state index >= 15 is 0 Å². The fraction of sp³-hybridized carbons (Fsp3) is 0.192. The van der Waals surface area contributed by atoms with Gasteiger partial charge in [-0.05, 0) is 62.5 Å². The number of rotatable bonds is 7. The van der Waals surface area contributed by atoms with Crippen molar-refractivity contribution in [1.29, 1.82) is 0 Å². The Labute approximate surface area is 182 Å². The lowest BCUT2D eigenvalue weighted by Crippen LogP contribution is -2.13. The van der Waals surface area contributed by atoms with Crippen LogP contribution >= 0.6 is 0 Å². The number of benzene rings is 3. The van der Waals surface area contributed by atoms with E-state index in [-0.39, 0.29) is 5.82 Å². The number of nitrogens with one attached hydrogen (secondary N) is 1. The van der Waals surface area contributed by atoms with E-state index in [1.54, 1.807) is 12.1 Å². The molecule has 0 bridgehead atoms. The minimum absolute atomic E-state index is 0.254. The standard InChI is InChI=1S/C26H27FN4/c1-4-25(28-16-19-7-5-8-20(15-19)18-30(2)3)23-9-6-10-26-24(23)17-29-31(26)22-13-11-21(27)12-14-22/h4-15,17,28H,16,18H2,1-3H3/b25-4-. The van der Waals surface area contributed by atoms with Crippen LogP contribution in [0.15, 0.2) is 79.0 Å². The van der Waals surface area contributed by atoms with Gasteiger partial charge < -0.3 is 10.2 Å². The van der Waals surface area contributed by atoms with E-state index in [0.29, 0.717) is 0 Å². The molecule has 3 aromatic carbocycles. The third kappa shape index (κ3) is 4.67. The molecule has 4 rings (SSSR count). The normalized spacial score (nSPS) is 12.0. The smallest absolute Gasteiger partial charge is 0.123 e. The SMILES string of the molecule is C/C=C(\NCc1cccc(CN(C)C)c1)c1cccc2c1cnn2-c1ccc(F)cc1. The number of nitrogens with zero attached hydrogens (tertiary/aromatic N) is 3. The Bertz CT molecular complexity index is 1210. The van der Waals surface area contributed by atoms with Gasteiger partial charge in [0.1, 0.15) is 5.82 Å². The summed E-state index contributed by atoms with van der Waals surface area (Å²) in [5, 5.41) is 9.21. The van der Waals surface area contributed by atoms with Crippen LogP contribution in [0.3, 0.4) is 0 Å². The third-order valence-corrected chi connectivity index (χ3v) is 5.24. The second-order valence-corrected chi connectivity index (χ2v) is 7.88. The largest absolute Gasteiger partial charge is 0.381 e. The first-order valence-electron chi connectivity index (χ1n) is 10.4. The van der Waals surface area contributed by atoms with Crippen molar-refractivity contribution in [3.63, 3.8) is 0 Å². The second-order valence-electron chi connectivity index (χ2n) is 7.88. The zero-order valence-electron chi connectivity index (χ0n) is 18.1. The van der Waals surface area contributed by atoms with E-state index in [1.807, 2.05) is 29.9 Å². The van der Waals surface area contributed by atoms with Crippen molar-refractivity contribution in [2.75, 3.05) is 14.1 Å². The molecule has 0 aliphatic rings. The van der Waals surface area contributed by atoms with Gasteiger partial charge in [-0.3, -0.25) is 0 Å². The van der Waals surface area contributed by atoms with E-state index in [4.69, 9.17) is 0 Å². The Morgan fingerprint density at radius 1 is 1.03 bits per heavy atom. The molecule has 0 amide bonds. The van der Waals surface area contributed by atoms with Crippen LogP contribution in [0.25, 0.3) is 22.3 Å². The molecule has 5 heteroatoms. The molecule has 0 atom stereocenters. The van der Waals surface area contributed by atoms with E-state index < -0.39 is 0 Å². The summed E-state index contributed by atoms with van der Waals surface area (Å²) < 4.78 is 15.2. The van der Waals surface area contributed by atoms with Crippen molar-refractivity contribution in [2.24, 2.45) is 0 Å². The molecular formula is C26H27FN4. The second kappa shape index (κ2) is 9.14. The number of aromatic nitrogens is 2. The molecule has 0 aliphatic carbocycles. The Morgan fingerprint density at radius 3 is 2.52 bits per heavy atom. The van der Waals surface area contributed by atoms with Crippen molar-refractivity contribution < 1.29 is 4.39 Å². The van der Waals surface area contributed by atoms with Gasteiger partial charge in [0.15, 0.2) is 0 Å². The van der Waals surface area contributed by atoms with E-state index in [2.05, 4.69) is 65.8 Å². The van der Waals surface area contributed by atoms with Gasteiger partial charge >= 0.3 is 0 Å². The molecule has 0 radical (unpaired) electrons. The molecule has 0 unspecified atom stereocenters. The summed E-state index contributed by atoms with van der Waals surface area (Å²) in [4.78, 5) is 2.17. The molecule has 1 heterocycles. The van der Waals surface area contributed by atoms with Crippen molar-refractivity contribution >= 4 is 16.6 Å². The Hall–Kier alpha value is -3.44. The fourth-order valence-electron chi connectivity index (χ4n) is 3.83. The summed E-state index contributed by atoms with van der Waals surface area (Å²) in [5.41, 5.74) is 6.52. The average Bonchev–Trinajstić information content (AvgIpc) is 3.19. The van der Waals surface area contributed by atoms with Crippen LogP contribution in [0.5, 0.6) is 0 Å². The molecule has 1 N–H and O–H groups in total. The first-order chi connectivity index (χ1) is 15.0. The molecule has 4 aromatic rings. The molecule has 158 valence electrons. The van der Waals surface area contributed by atoms with Crippen molar-refractivity contribution in [3.8, 4) is 5.69 Å². The molecule has 4 nitrogen and oxygen atoms in total. The fourth-order valence-corrected chi connectivity index (χ4v) is 3.83. The van der Waals surface area contributed by atoms with Crippen LogP contribution in [-0.2, 0) is 13.1 Å². The van der Waals surface area contributed by atoms with Gasteiger partial charge in [-0.2, -0.15) is 5.10 Å². The summed E-state index contributed by atoms with van der Waals surface area (Å²) in [7, 11) is 4.16. The Kier molecular flexibility index (Phi) is 6.14. The highest BCUT2D eigenvalue weighted by Gasteiger charge is 2.11. The summed E-state index contributed by atoms with van der Waals surface area (Å²) in [6.45, 7) is 3.70. The summed E-state index contributed by atoms with van der Waals surface area (Å²) in [6, 6.07) is 21.2. The Balaban J connectivity index is 1.59. The highest BCUT2D eigenvalue weighted by Crippen LogP contribution is 2.26.